The summed E-state index contributed by atoms with van der Waals surface area (Å²) < 4.78 is 0. The van der Waals surface area contributed by atoms with Gasteiger partial charge in [-0.15, -0.1) is 0 Å². The SMILES string of the molecule is CC(C)c1ccc2c(c1-c1cc([Si](C)(C)C)cc([Si](C)(C)C)c1)C=C(c1ccccc1)[CH]2. The van der Waals surface area contributed by atoms with Crippen LogP contribution in [0.5, 0.6) is 0 Å². The maximum Gasteiger partial charge on any atom is 0.0776 e. The Balaban J connectivity index is 1.99. The molecule has 0 fully saturated rings. The van der Waals surface area contributed by atoms with Gasteiger partial charge >= 0.3 is 0 Å². The molecule has 0 N–H and O–H groups in total. The number of rotatable bonds is 5. The topological polar surface area (TPSA) is 0 Å². The quantitative estimate of drug-likeness (QED) is 0.348. The first-order valence-corrected chi connectivity index (χ1v) is 18.9. The van der Waals surface area contributed by atoms with E-state index in [1.165, 1.54) is 39.0 Å². The second kappa shape index (κ2) is 8.31. The van der Waals surface area contributed by atoms with Gasteiger partial charge in [0, 0.05) is 6.42 Å². The third kappa shape index (κ3) is 4.49. The average Bonchev–Trinajstić information content (AvgIpc) is 3.16. The second-order valence-electron chi connectivity index (χ2n) is 11.6. The van der Waals surface area contributed by atoms with E-state index < -0.39 is 16.1 Å². The minimum Gasteiger partial charge on any atom is -0.0656 e. The summed E-state index contributed by atoms with van der Waals surface area (Å²) in [6.45, 7) is 19.5. The van der Waals surface area contributed by atoms with E-state index >= 15 is 0 Å². The van der Waals surface area contributed by atoms with Crippen LogP contribution in [0.15, 0.2) is 60.7 Å². The summed E-state index contributed by atoms with van der Waals surface area (Å²) in [6, 6.07) is 23.0. The molecular formula is C30H37Si2. The van der Waals surface area contributed by atoms with Gasteiger partial charge in [-0.3, -0.25) is 0 Å². The predicted octanol–water partition coefficient (Wildman–Crippen LogP) is 7.67. The van der Waals surface area contributed by atoms with Crippen molar-refractivity contribution in [2.24, 2.45) is 0 Å². The Morgan fingerprint density at radius 1 is 0.656 bits per heavy atom. The van der Waals surface area contributed by atoms with Crippen LogP contribution in [0.4, 0.5) is 0 Å². The van der Waals surface area contributed by atoms with Crippen LogP contribution in [-0.2, 0) is 0 Å². The summed E-state index contributed by atoms with van der Waals surface area (Å²) in [7, 11) is -2.89. The second-order valence-corrected chi connectivity index (χ2v) is 21.8. The molecule has 0 spiro atoms. The third-order valence-electron chi connectivity index (χ3n) is 6.61. The van der Waals surface area contributed by atoms with Crippen molar-refractivity contribution in [3.05, 3.63) is 89.3 Å². The molecule has 0 saturated carbocycles. The third-order valence-corrected chi connectivity index (χ3v) is 10.6. The molecule has 2 heteroatoms. The summed E-state index contributed by atoms with van der Waals surface area (Å²) in [5.41, 5.74) is 9.66. The molecule has 0 heterocycles. The Hall–Kier alpha value is -2.17. The highest BCUT2D eigenvalue weighted by molar-refractivity contribution is 6.91. The zero-order valence-electron chi connectivity index (χ0n) is 21.0. The van der Waals surface area contributed by atoms with Crippen LogP contribution in [-0.4, -0.2) is 16.1 Å². The first-order chi connectivity index (χ1) is 14.9. The van der Waals surface area contributed by atoms with E-state index in [1.54, 1.807) is 10.4 Å². The summed E-state index contributed by atoms with van der Waals surface area (Å²) in [5, 5.41) is 3.16. The zero-order valence-corrected chi connectivity index (χ0v) is 23.0. The molecule has 3 aromatic carbocycles. The van der Waals surface area contributed by atoms with E-state index in [9.17, 15) is 0 Å². The highest BCUT2D eigenvalue weighted by Crippen LogP contribution is 2.42. The molecule has 0 atom stereocenters. The minimum atomic E-state index is -1.45. The van der Waals surface area contributed by atoms with Gasteiger partial charge in [0.05, 0.1) is 16.1 Å². The van der Waals surface area contributed by atoms with Crippen molar-refractivity contribution < 1.29 is 0 Å². The van der Waals surface area contributed by atoms with Crippen molar-refractivity contribution in [2.75, 3.05) is 0 Å². The molecule has 0 aliphatic heterocycles. The first-order valence-electron chi connectivity index (χ1n) is 11.9. The van der Waals surface area contributed by atoms with Gasteiger partial charge in [-0.1, -0.05) is 124 Å². The molecule has 1 radical (unpaired) electrons. The Kier molecular flexibility index (Phi) is 5.98. The molecule has 0 aromatic heterocycles. The van der Waals surface area contributed by atoms with Crippen LogP contribution in [0.3, 0.4) is 0 Å². The van der Waals surface area contributed by atoms with Gasteiger partial charge in [0.2, 0.25) is 0 Å². The van der Waals surface area contributed by atoms with E-state index in [0.29, 0.717) is 5.92 Å². The van der Waals surface area contributed by atoms with E-state index in [-0.39, 0.29) is 0 Å². The van der Waals surface area contributed by atoms with Gasteiger partial charge in [-0.2, -0.15) is 0 Å². The van der Waals surface area contributed by atoms with Gasteiger partial charge in [0.15, 0.2) is 0 Å². The Morgan fingerprint density at radius 2 is 1.25 bits per heavy atom. The molecule has 0 bridgehead atoms. The van der Waals surface area contributed by atoms with Gasteiger partial charge in [-0.25, -0.2) is 0 Å². The lowest BCUT2D eigenvalue weighted by Gasteiger charge is -2.26. The molecule has 0 saturated heterocycles. The van der Waals surface area contributed by atoms with E-state index in [4.69, 9.17) is 0 Å². The summed E-state index contributed by atoms with van der Waals surface area (Å²) in [5.74, 6) is 0.482. The Morgan fingerprint density at radius 3 is 1.78 bits per heavy atom. The van der Waals surface area contributed by atoms with Gasteiger partial charge in [0.25, 0.3) is 0 Å². The average molecular weight is 454 g/mol. The molecule has 0 amide bonds. The lowest BCUT2D eigenvalue weighted by atomic mass is 9.87. The molecule has 1 aliphatic carbocycles. The monoisotopic (exact) mass is 453 g/mol. The first kappa shape index (κ1) is 23.0. The van der Waals surface area contributed by atoms with Crippen LogP contribution in [0, 0.1) is 6.42 Å². The number of fused-ring (bicyclic) bond motifs is 1. The largest absolute Gasteiger partial charge is 0.0776 e. The van der Waals surface area contributed by atoms with Gasteiger partial charge in [-0.05, 0) is 50.9 Å². The van der Waals surface area contributed by atoms with Gasteiger partial charge in [0.1, 0.15) is 0 Å². The predicted molar refractivity (Wildman–Crippen MR) is 150 cm³/mol. The van der Waals surface area contributed by atoms with Gasteiger partial charge < -0.3 is 0 Å². The van der Waals surface area contributed by atoms with E-state index in [0.717, 1.165) is 0 Å². The fraction of sp³-hybridized carbons (Fsp3) is 0.300. The molecule has 32 heavy (non-hydrogen) atoms. The van der Waals surface area contributed by atoms with Crippen LogP contribution >= 0.6 is 0 Å². The maximum atomic E-state index is 2.54. The van der Waals surface area contributed by atoms with Crippen molar-refractivity contribution in [1.82, 2.24) is 0 Å². The van der Waals surface area contributed by atoms with Crippen molar-refractivity contribution in [3.8, 4) is 11.1 Å². The van der Waals surface area contributed by atoms with Crippen LogP contribution in [0.25, 0.3) is 22.8 Å². The smallest absolute Gasteiger partial charge is 0.0656 e. The zero-order chi connectivity index (χ0) is 23.3. The van der Waals surface area contributed by atoms with Crippen molar-refractivity contribution in [1.29, 1.82) is 0 Å². The highest BCUT2D eigenvalue weighted by atomic mass is 28.3. The summed E-state index contributed by atoms with van der Waals surface area (Å²) in [6.07, 6.45) is 4.78. The molecule has 0 unspecified atom stereocenters. The standard InChI is InChI=1S/C30H37Si2/c1-21(2)28-15-14-23-16-24(22-12-10-9-11-13-22)19-29(23)30(28)25-17-26(31(3,4)5)20-27(18-25)32(6,7)8/h9-21H,1-8H3. The molecule has 0 nitrogen and oxygen atoms in total. The number of hydrogen-bond acceptors (Lipinski definition) is 0. The molecule has 3 aromatic rings. The lowest BCUT2D eigenvalue weighted by Crippen LogP contribution is -2.45. The minimum absolute atomic E-state index is 0.482. The lowest BCUT2D eigenvalue weighted by molar-refractivity contribution is 0.868. The highest BCUT2D eigenvalue weighted by Gasteiger charge is 2.26. The van der Waals surface area contributed by atoms with E-state index in [1.807, 2.05) is 0 Å². The van der Waals surface area contributed by atoms with Crippen LogP contribution in [0.2, 0.25) is 39.3 Å². The molecular weight excluding hydrogens is 417 g/mol. The Bertz CT molecular complexity index is 1140. The van der Waals surface area contributed by atoms with Crippen molar-refractivity contribution in [2.45, 2.75) is 59.0 Å². The summed E-state index contributed by atoms with van der Waals surface area (Å²) >= 11 is 0. The Labute approximate surface area is 197 Å². The number of hydrogen-bond donors (Lipinski definition) is 0. The van der Waals surface area contributed by atoms with E-state index in [2.05, 4.69) is 126 Å². The maximum absolute atomic E-state index is 2.54. The van der Waals surface area contributed by atoms with Crippen molar-refractivity contribution >= 4 is 38.2 Å². The fourth-order valence-corrected chi connectivity index (χ4v) is 7.04. The fourth-order valence-electron chi connectivity index (χ4n) is 4.54. The van der Waals surface area contributed by atoms with Crippen molar-refractivity contribution in [3.63, 3.8) is 0 Å². The summed E-state index contributed by atoms with van der Waals surface area (Å²) in [4.78, 5) is 0. The molecule has 4 rings (SSSR count). The van der Waals surface area contributed by atoms with Crippen LogP contribution in [0.1, 0.15) is 42.0 Å². The number of benzene rings is 3. The normalized spacial score (nSPS) is 14.0. The molecule has 1 aliphatic rings. The van der Waals surface area contributed by atoms with Crippen LogP contribution < -0.4 is 10.4 Å². The molecule has 165 valence electrons. The number of allylic oxidation sites excluding steroid dienone is 1.